The van der Waals surface area contributed by atoms with Gasteiger partial charge in [-0.15, -0.1) is 12.4 Å². The molecule has 1 aromatic carbocycles. The van der Waals surface area contributed by atoms with E-state index in [4.69, 9.17) is 0 Å². The second-order valence-electron chi connectivity index (χ2n) is 6.40. The Morgan fingerprint density at radius 1 is 1.29 bits per heavy atom. The van der Waals surface area contributed by atoms with Crippen LogP contribution in [0.4, 0.5) is 0 Å². The van der Waals surface area contributed by atoms with Crippen LogP contribution in [-0.2, 0) is 0 Å². The number of nitrogens with one attached hydrogen (secondary N) is 1. The second kappa shape index (κ2) is 7.45. The Morgan fingerprint density at radius 3 is 2.43 bits per heavy atom. The molecule has 1 fully saturated rings. The fraction of sp³-hybridized carbons (Fsp3) is 0.625. The molecule has 0 bridgehead atoms. The Bertz CT molecular complexity index is 460. The van der Waals surface area contributed by atoms with Gasteiger partial charge in [0.15, 0.2) is 0 Å². The van der Waals surface area contributed by atoms with E-state index in [1.165, 1.54) is 0 Å². The van der Waals surface area contributed by atoms with Crippen LogP contribution >= 0.6 is 12.4 Å². The summed E-state index contributed by atoms with van der Waals surface area (Å²) in [4.78, 5) is 2.36. The standard InChI is InChI=1S/C16H26N2O2.ClH/c1-12-4-5-13(14(20)10-12)15(16(2,3)11-19)18-8-6-17-7-9-18;/h4-5,10,15,17,19-20H,6-9,11H2,1-3H3;1H/t15-;/m1./s1. The summed E-state index contributed by atoms with van der Waals surface area (Å²) in [5.41, 5.74) is 1.66. The van der Waals surface area contributed by atoms with Crippen molar-refractivity contribution in [3.8, 4) is 5.75 Å². The van der Waals surface area contributed by atoms with Gasteiger partial charge in [-0.3, -0.25) is 4.90 Å². The number of hydrogen-bond acceptors (Lipinski definition) is 4. The van der Waals surface area contributed by atoms with Crippen molar-refractivity contribution < 1.29 is 10.2 Å². The van der Waals surface area contributed by atoms with E-state index in [-0.39, 0.29) is 30.5 Å². The van der Waals surface area contributed by atoms with Gasteiger partial charge in [-0.25, -0.2) is 0 Å². The minimum absolute atomic E-state index is 0. The van der Waals surface area contributed by atoms with Crippen molar-refractivity contribution in [1.82, 2.24) is 10.2 Å². The molecule has 0 radical (unpaired) electrons. The van der Waals surface area contributed by atoms with Gasteiger partial charge in [0.1, 0.15) is 5.75 Å². The Balaban J connectivity index is 0.00000220. The van der Waals surface area contributed by atoms with Gasteiger partial charge >= 0.3 is 0 Å². The largest absolute Gasteiger partial charge is 0.508 e. The third kappa shape index (κ3) is 4.10. The summed E-state index contributed by atoms with van der Waals surface area (Å²) in [6, 6.07) is 5.85. The number of halogens is 1. The number of aliphatic hydroxyl groups is 1. The number of hydrogen-bond donors (Lipinski definition) is 3. The molecule has 1 aliphatic heterocycles. The zero-order valence-electron chi connectivity index (χ0n) is 13.1. The second-order valence-corrected chi connectivity index (χ2v) is 6.40. The van der Waals surface area contributed by atoms with Gasteiger partial charge in [-0.1, -0.05) is 26.0 Å². The summed E-state index contributed by atoms with van der Waals surface area (Å²) < 4.78 is 0. The van der Waals surface area contributed by atoms with Crippen LogP contribution in [0.15, 0.2) is 18.2 Å². The zero-order valence-corrected chi connectivity index (χ0v) is 13.9. The monoisotopic (exact) mass is 314 g/mol. The van der Waals surface area contributed by atoms with Gasteiger partial charge in [0.2, 0.25) is 0 Å². The number of aryl methyl sites for hydroxylation is 1. The third-order valence-electron chi connectivity index (χ3n) is 4.14. The normalized spacial score (nSPS) is 18.1. The molecule has 4 nitrogen and oxygen atoms in total. The molecule has 1 atom stereocenters. The Hall–Kier alpha value is -0.810. The van der Waals surface area contributed by atoms with E-state index in [9.17, 15) is 10.2 Å². The maximum absolute atomic E-state index is 10.3. The van der Waals surface area contributed by atoms with Crippen molar-refractivity contribution in [2.75, 3.05) is 32.8 Å². The Morgan fingerprint density at radius 2 is 1.90 bits per heavy atom. The van der Waals surface area contributed by atoms with Crippen molar-refractivity contribution in [2.24, 2.45) is 5.41 Å². The molecule has 3 N–H and O–H groups in total. The van der Waals surface area contributed by atoms with Crippen molar-refractivity contribution in [1.29, 1.82) is 0 Å². The summed E-state index contributed by atoms with van der Waals surface area (Å²) in [5, 5.41) is 23.5. The van der Waals surface area contributed by atoms with Gasteiger partial charge in [-0.05, 0) is 18.6 Å². The number of piperazine rings is 1. The van der Waals surface area contributed by atoms with Crippen molar-refractivity contribution in [3.05, 3.63) is 29.3 Å². The summed E-state index contributed by atoms with van der Waals surface area (Å²) in [6.45, 7) is 9.94. The average molecular weight is 315 g/mol. The van der Waals surface area contributed by atoms with Gasteiger partial charge in [0.25, 0.3) is 0 Å². The lowest BCUT2D eigenvalue weighted by molar-refractivity contribution is 0.0293. The molecule has 0 amide bonds. The van der Waals surface area contributed by atoms with E-state index in [1.807, 2.05) is 19.1 Å². The third-order valence-corrected chi connectivity index (χ3v) is 4.14. The molecule has 2 rings (SSSR count). The molecule has 0 unspecified atom stereocenters. The van der Waals surface area contributed by atoms with Crippen LogP contribution in [0, 0.1) is 12.3 Å². The van der Waals surface area contributed by atoms with Gasteiger partial charge in [-0.2, -0.15) is 0 Å². The average Bonchev–Trinajstić information content (AvgIpc) is 2.43. The molecule has 120 valence electrons. The molecule has 0 aliphatic carbocycles. The number of nitrogens with zero attached hydrogens (tertiary/aromatic N) is 1. The summed E-state index contributed by atoms with van der Waals surface area (Å²) in [7, 11) is 0. The van der Waals surface area contributed by atoms with E-state index in [1.54, 1.807) is 6.07 Å². The van der Waals surface area contributed by atoms with Gasteiger partial charge in [0.05, 0.1) is 0 Å². The smallest absolute Gasteiger partial charge is 0.120 e. The first-order valence-electron chi connectivity index (χ1n) is 7.31. The predicted molar refractivity (Wildman–Crippen MR) is 88.1 cm³/mol. The Kier molecular flexibility index (Phi) is 6.47. The number of phenols is 1. The van der Waals surface area contributed by atoms with Gasteiger partial charge in [0, 0.05) is 49.8 Å². The lowest BCUT2D eigenvalue weighted by atomic mass is 9.79. The highest BCUT2D eigenvalue weighted by atomic mass is 35.5. The van der Waals surface area contributed by atoms with Crippen LogP contribution in [-0.4, -0.2) is 47.9 Å². The minimum atomic E-state index is -0.302. The van der Waals surface area contributed by atoms with E-state index in [0.717, 1.165) is 37.3 Å². The van der Waals surface area contributed by atoms with Crippen molar-refractivity contribution >= 4 is 12.4 Å². The predicted octanol–water partition coefficient (Wildman–Crippen LogP) is 2.09. The molecule has 0 spiro atoms. The summed E-state index contributed by atoms with van der Waals surface area (Å²) >= 11 is 0. The first kappa shape index (κ1) is 18.2. The quantitative estimate of drug-likeness (QED) is 0.796. The van der Waals surface area contributed by atoms with Gasteiger partial charge < -0.3 is 15.5 Å². The molecule has 1 aliphatic rings. The van der Waals surface area contributed by atoms with Crippen LogP contribution in [0.3, 0.4) is 0 Å². The lowest BCUT2D eigenvalue weighted by Crippen LogP contribution is -2.49. The molecular weight excluding hydrogens is 288 g/mol. The SMILES string of the molecule is Cc1ccc([C@@H](N2CCNCC2)C(C)(C)CO)c(O)c1.Cl. The Labute approximate surface area is 133 Å². The number of phenolic OH excluding ortho intramolecular Hbond substituents is 1. The van der Waals surface area contributed by atoms with E-state index in [0.29, 0.717) is 5.75 Å². The highest BCUT2D eigenvalue weighted by Gasteiger charge is 2.36. The van der Waals surface area contributed by atoms with Crippen LogP contribution in [0.5, 0.6) is 5.75 Å². The number of rotatable bonds is 4. The molecule has 1 aromatic rings. The molecule has 0 aromatic heterocycles. The summed E-state index contributed by atoms with van der Waals surface area (Å²) in [6.07, 6.45) is 0. The molecule has 1 saturated heterocycles. The first-order valence-corrected chi connectivity index (χ1v) is 7.31. The summed E-state index contributed by atoms with van der Waals surface area (Å²) in [5.74, 6) is 0.329. The maximum Gasteiger partial charge on any atom is 0.120 e. The number of aliphatic hydroxyl groups excluding tert-OH is 1. The maximum atomic E-state index is 10.3. The highest BCUT2D eigenvalue weighted by Crippen LogP contribution is 2.41. The van der Waals surface area contributed by atoms with Crippen LogP contribution < -0.4 is 5.32 Å². The van der Waals surface area contributed by atoms with Crippen LogP contribution in [0.2, 0.25) is 0 Å². The molecule has 21 heavy (non-hydrogen) atoms. The van der Waals surface area contributed by atoms with Crippen LogP contribution in [0.25, 0.3) is 0 Å². The number of aromatic hydroxyl groups is 1. The minimum Gasteiger partial charge on any atom is -0.508 e. The lowest BCUT2D eigenvalue weighted by Gasteiger charge is -2.43. The molecule has 5 heteroatoms. The highest BCUT2D eigenvalue weighted by molar-refractivity contribution is 5.85. The molecule has 1 heterocycles. The van der Waals surface area contributed by atoms with Crippen LogP contribution in [0.1, 0.15) is 31.0 Å². The molecular formula is C16H27ClN2O2. The number of benzene rings is 1. The molecule has 0 saturated carbocycles. The van der Waals surface area contributed by atoms with Crippen molar-refractivity contribution in [2.45, 2.75) is 26.8 Å². The fourth-order valence-corrected chi connectivity index (χ4v) is 3.02. The van der Waals surface area contributed by atoms with Crippen molar-refractivity contribution in [3.63, 3.8) is 0 Å². The zero-order chi connectivity index (χ0) is 14.8. The topological polar surface area (TPSA) is 55.7 Å². The van der Waals surface area contributed by atoms with E-state index in [2.05, 4.69) is 24.1 Å². The van der Waals surface area contributed by atoms with E-state index < -0.39 is 0 Å². The fourth-order valence-electron chi connectivity index (χ4n) is 3.02. The first-order chi connectivity index (χ1) is 9.45. The van der Waals surface area contributed by atoms with E-state index >= 15 is 0 Å².